The molecular weight excluding hydrogens is 306 g/mol. The number of rotatable bonds is 2. The Kier molecular flexibility index (Phi) is 3.01. The van der Waals surface area contributed by atoms with E-state index in [4.69, 9.17) is 11.6 Å². The van der Waals surface area contributed by atoms with Gasteiger partial charge in [0, 0.05) is 17.4 Å². The molecule has 0 radical (unpaired) electrons. The molecule has 1 aromatic carbocycles. The number of hydrogen-bond acceptors (Lipinski definition) is 5. The zero-order valence-corrected chi connectivity index (χ0v) is 12.8. The molecule has 21 heavy (non-hydrogen) atoms. The van der Waals surface area contributed by atoms with E-state index in [1.165, 1.54) is 0 Å². The van der Waals surface area contributed by atoms with Crippen LogP contribution in [-0.2, 0) is 6.42 Å². The van der Waals surface area contributed by atoms with Crippen LogP contribution in [0.15, 0.2) is 35.5 Å². The van der Waals surface area contributed by atoms with Crippen molar-refractivity contribution in [1.29, 1.82) is 0 Å². The molecule has 0 aliphatic carbocycles. The minimum absolute atomic E-state index is 0.00501. The fourth-order valence-corrected chi connectivity index (χ4v) is 3.76. The van der Waals surface area contributed by atoms with Crippen molar-refractivity contribution in [2.75, 3.05) is 5.43 Å². The lowest BCUT2D eigenvalue weighted by molar-refractivity contribution is 0.739. The fourth-order valence-electron chi connectivity index (χ4n) is 2.41. The molecule has 0 bridgehead atoms. The largest absolute Gasteiger partial charge is 0.304 e. The first kappa shape index (κ1) is 12.9. The molecule has 3 aromatic rings. The lowest BCUT2D eigenvalue weighted by atomic mass is 10.1. The third kappa shape index (κ3) is 2.06. The van der Waals surface area contributed by atoms with Crippen molar-refractivity contribution < 1.29 is 0 Å². The molecular formula is C14H12ClN5S. The number of thioether (sulfide) groups is 1. The summed E-state index contributed by atoms with van der Waals surface area (Å²) >= 11 is 7.96. The first-order valence-electron chi connectivity index (χ1n) is 6.69. The van der Waals surface area contributed by atoms with Crippen LogP contribution in [0.5, 0.6) is 0 Å². The molecule has 0 spiro atoms. The second-order valence-corrected chi connectivity index (χ2v) is 6.21. The van der Waals surface area contributed by atoms with Gasteiger partial charge in [0.1, 0.15) is 10.5 Å². The number of aromatic nitrogens is 4. The lowest BCUT2D eigenvalue weighted by Crippen LogP contribution is -2.15. The first-order chi connectivity index (χ1) is 10.3. The minimum atomic E-state index is 0.00501. The molecule has 1 atom stereocenters. The monoisotopic (exact) mass is 317 g/mol. The number of fused-ring (bicyclic) bond motifs is 2. The number of nitrogens with zero attached hydrogens (tertiary/aromatic N) is 4. The van der Waals surface area contributed by atoms with Crippen molar-refractivity contribution in [1.82, 2.24) is 19.9 Å². The van der Waals surface area contributed by atoms with E-state index in [0.717, 1.165) is 33.9 Å². The molecule has 2 aromatic heterocycles. The zero-order chi connectivity index (χ0) is 14.4. The molecule has 3 heterocycles. The number of benzene rings is 1. The number of nitrogens with one attached hydrogen (secondary N) is 1. The Balaban J connectivity index is 1.75. The Morgan fingerprint density at radius 3 is 3.05 bits per heavy atom. The zero-order valence-electron chi connectivity index (χ0n) is 11.2. The molecule has 1 aliphatic heterocycles. The van der Waals surface area contributed by atoms with Crippen LogP contribution in [0, 0.1) is 0 Å². The Morgan fingerprint density at radius 1 is 1.33 bits per heavy atom. The highest BCUT2D eigenvalue weighted by molar-refractivity contribution is 7.99. The predicted octanol–water partition coefficient (Wildman–Crippen LogP) is 3.39. The highest BCUT2D eigenvalue weighted by Crippen LogP contribution is 2.41. The van der Waals surface area contributed by atoms with Crippen LogP contribution >= 0.6 is 23.4 Å². The summed E-state index contributed by atoms with van der Waals surface area (Å²) < 4.78 is 1.93. The van der Waals surface area contributed by atoms with Gasteiger partial charge in [-0.2, -0.15) is 0 Å². The van der Waals surface area contributed by atoms with E-state index in [0.29, 0.717) is 5.15 Å². The van der Waals surface area contributed by atoms with Crippen LogP contribution in [-0.4, -0.2) is 19.9 Å². The number of para-hydroxylation sites is 1. The van der Waals surface area contributed by atoms with Gasteiger partial charge in [-0.3, -0.25) is 0 Å². The summed E-state index contributed by atoms with van der Waals surface area (Å²) in [6.07, 6.45) is 0.830. The molecule has 1 aliphatic rings. The highest BCUT2D eigenvalue weighted by atomic mass is 35.5. The van der Waals surface area contributed by atoms with Gasteiger partial charge in [-0.1, -0.05) is 48.5 Å². The van der Waals surface area contributed by atoms with E-state index in [-0.39, 0.29) is 5.37 Å². The van der Waals surface area contributed by atoms with Crippen molar-refractivity contribution in [2.45, 2.75) is 23.9 Å². The SMILES string of the molecule is CCc1nnc2n1NC(c1cc3ccccc3nc1Cl)S2. The van der Waals surface area contributed by atoms with Gasteiger partial charge in [-0.15, -0.1) is 10.2 Å². The second-order valence-electron chi connectivity index (χ2n) is 4.78. The smallest absolute Gasteiger partial charge is 0.212 e. The normalized spacial score (nSPS) is 17.0. The average molecular weight is 318 g/mol. The first-order valence-corrected chi connectivity index (χ1v) is 7.94. The average Bonchev–Trinajstić information content (AvgIpc) is 3.06. The number of hydrogen-bond donors (Lipinski definition) is 1. The molecule has 106 valence electrons. The third-order valence-electron chi connectivity index (χ3n) is 3.47. The maximum atomic E-state index is 6.36. The second kappa shape index (κ2) is 4.89. The molecule has 0 saturated carbocycles. The summed E-state index contributed by atoms with van der Waals surface area (Å²) in [5, 5.41) is 10.8. The van der Waals surface area contributed by atoms with Crippen molar-refractivity contribution in [2.24, 2.45) is 0 Å². The van der Waals surface area contributed by atoms with Crippen molar-refractivity contribution in [3.63, 3.8) is 0 Å². The summed E-state index contributed by atoms with van der Waals surface area (Å²) in [6, 6.07) is 10.0. The van der Waals surface area contributed by atoms with Crippen LogP contribution in [0.2, 0.25) is 5.15 Å². The topological polar surface area (TPSA) is 55.6 Å². The van der Waals surface area contributed by atoms with Gasteiger partial charge in [0.15, 0.2) is 5.82 Å². The predicted molar refractivity (Wildman–Crippen MR) is 84.1 cm³/mol. The lowest BCUT2D eigenvalue weighted by Gasteiger charge is -2.13. The van der Waals surface area contributed by atoms with Crippen LogP contribution in [0.3, 0.4) is 0 Å². The van der Waals surface area contributed by atoms with E-state index in [9.17, 15) is 0 Å². The van der Waals surface area contributed by atoms with Crippen molar-refractivity contribution in [3.8, 4) is 0 Å². The van der Waals surface area contributed by atoms with Gasteiger partial charge in [0.05, 0.1) is 5.52 Å². The van der Waals surface area contributed by atoms with Gasteiger partial charge < -0.3 is 5.43 Å². The Morgan fingerprint density at radius 2 is 2.19 bits per heavy atom. The minimum Gasteiger partial charge on any atom is -0.304 e. The maximum Gasteiger partial charge on any atom is 0.212 e. The summed E-state index contributed by atoms with van der Waals surface area (Å²) in [6.45, 7) is 2.06. The van der Waals surface area contributed by atoms with Crippen molar-refractivity contribution in [3.05, 3.63) is 46.9 Å². The molecule has 4 rings (SSSR count). The number of aryl methyl sites for hydroxylation is 1. The Labute approximate surface area is 130 Å². The van der Waals surface area contributed by atoms with E-state index in [1.807, 2.05) is 28.9 Å². The number of halogens is 1. The molecule has 0 amide bonds. The van der Waals surface area contributed by atoms with Gasteiger partial charge in [0.2, 0.25) is 5.16 Å². The van der Waals surface area contributed by atoms with E-state index in [1.54, 1.807) is 11.8 Å². The Hall–Kier alpha value is -1.79. The molecule has 5 nitrogen and oxygen atoms in total. The van der Waals surface area contributed by atoms with Gasteiger partial charge >= 0.3 is 0 Å². The fraction of sp³-hybridized carbons (Fsp3) is 0.214. The highest BCUT2D eigenvalue weighted by Gasteiger charge is 2.29. The summed E-state index contributed by atoms with van der Waals surface area (Å²) in [4.78, 5) is 4.48. The van der Waals surface area contributed by atoms with Gasteiger partial charge in [-0.25, -0.2) is 9.66 Å². The van der Waals surface area contributed by atoms with Crippen LogP contribution in [0.1, 0.15) is 23.7 Å². The van der Waals surface area contributed by atoms with Crippen LogP contribution in [0.25, 0.3) is 10.9 Å². The van der Waals surface area contributed by atoms with E-state index in [2.05, 4.69) is 33.6 Å². The summed E-state index contributed by atoms with van der Waals surface area (Å²) in [5.74, 6) is 0.921. The van der Waals surface area contributed by atoms with Gasteiger partial charge in [0.25, 0.3) is 0 Å². The third-order valence-corrected chi connectivity index (χ3v) is 4.85. The quantitative estimate of drug-likeness (QED) is 0.734. The van der Waals surface area contributed by atoms with E-state index < -0.39 is 0 Å². The molecule has 1 N–H and O–H groups in total. The Bertz CT molecular complexity index is 831. The van der Waals surface area contributed by atoms with Crippen LogP contribution in [0.4, 0.5) is 0 Å². The maximum absolute atomic E-state index is 6.36. The van der Waals surface area contributed by atoms with Gasteiger partial charge in [-0.05, 0) is 12.1 Å². The standard InChI is InChI=1S/C14H12ClN5S/c1-2-11-17-18-14-20(11)19-13(21-14)9-7-8-5-3-4-6-10(8)16-12(9)15/h3-7,13,19H,2H2,1H3. The number of pyridine rings is 1. The van der Waals surface area contributed by atoms with Crippen LogP contribution < -0.4 is 5.43 Å². The molecule has 7 heteroatoms. The van der Waals surface area contributed by atoms with Crippen molar-refractivity contribution >= 4 is 34.3 Å². The summed E-state index contributed by atoms with van der Waals surface area (Å²) in [7, 11) is 0. The molecule has 1 unspecified atom stereocenters. The van der Waals surface area contributed by atoms with E-state index >= 15 is 0 Å². The summed E-state index contributed by atoms with van der Waals surface area (Å²) in [5.41, 5.74) is 5.26. The molecule has 0 saturated heterocycles. The molecule has 0 fully saturated rings.